The topological polar surface area (TPSA) is 55.4 Å². The lowest BCUT2D eigenvalue weighted by atomic mass is 10.4. The fraction of sp³-hybridized carbons (Fsp3) is 0.765. The van der Waals surface area contributed by atoms with Crippen molar-refractivity contribution in [3.63, 3.8) is 0 Å². The molecule has 0 amide bonds. The maximum atomic E-state index is 5.65. The molecule has 6 nitrogen and oxygen atoms in total. The molecule has 25 heavy (non-hydrogen) atoms. The molecule has 0 unspecified atom stereocenters. The van der Waals surface area contributed by atoms with Crippen LogP contribution in [-0.2, 0) is 26.6 Å². The van der Waals surface area contributed by atoms with Gasteiger partial charge in [0.25, 0.3) is 0 Å². The lowest BCUT2D eigenvalue weighted by molar-refractivity contribution is 0.0736. The Morgan fingerprint density at radius 3 is 1.08 bits per heavy atom. The van der Waals surface area contributed by atoms with Gasteiger partial charge >= 0.3 is 17.6 Å². The molecule has 0 bridgehead atoms. The number of rotatable bonds is 13. The van der Waals surface area contributed by atoms with Crippen molar-refractivity contribution in [2.24, 2.45) is 0 Å². The summed E-state index contributed by atoms with van der Waals surface area (Å²) >= 11 is 0. The molecule has 0 atom stereocenters. The van der Waals surface area contributed by atoms with E-state index in [2.05, 4.69) is 13.2 Å². The standard InChI is InChI=1S/C10H22O3Si.C7H16O3Si/c1-6-11-14(12-7-2,13-8-3)9-10(4)5;1-7(2)6-11(8-3,9-4)10-5/h4,6-9H2,1-3,5H3;1,6H2,2-5H3. The second-order valence-electron chi connectivity index (χ2n) is 5.55. The summed E-state index contributed by atoms with van der Waals surface area (Å²) in [4.78, 5) is 0. The number of allylic oxidation sites excluding steroid dienone is 2. The van der Waals surface area contributed by atoms with Crippen molar-refractivity contribution >= 4 is 17.6 Å². The molecule has 0 aromatic carbocycles. The van der Waals surface area contributed by atoms with Crippen molar-refractivity contribution in [1.82, 2.24) is 0 Å². The van der Waals surface area contributed by atoms with Crippen molar-refractivity contribution < 1.29 is 26.6 Å². The zero-order valence-corrected chi connectivity index (χ0v) is 19.4. The molecule has 0 aliphatic carbocycles. The van der Waals surface area contributed by atoms with Crippen molar-refractivity contribution in [1.29, 1.82) is 0 Å². The van der Waals surface area contributed by atoms with Crippen molar-refractivity contribution in [2.45, 2.75) is 46.7 Å². The van der Waals surface area contributed by atoms with Gasteiger partial charge in [-0.05, 0) is 34.6 Å². The first-order chi connectivity index (χ1) is 11.7. The van der Waals surface area contributed by atoms with E-state index in [0.29, 0.717) is 31.9 Å². The third-order valence-electron chi connectivity index (χ3n) is 3.06. The van der Waals surface area contributed by atoms with E-state index in [-0.39, 0.29) is 0 Å². The molecule has 0 aromatic rings. The summed E-state index contributed by atoms with van der Waals surface area (Å²) in [5.41, 5.74) is 2.06. The summed E-state index contributed by atoms with van der Waals surface area (Å²) in [7, 11) is -0.0401. The van der Waals surface area contributed by atoms with E-state index in [1.54, 1.807) is 21.3 Å². The average Bonchev–Trinajstić information content (AvgIpc) is 2.53. The predicted octanol–water partition coefficient (Wildman–Crippen LogP) is 4.05. The second-order valence-corrected chi connectivity index (χ2v) is 11.1. The van der Waals surface area contributed by atoms with Crippen LogP contribution in [0.15, 0.2) is 24.3 Å². The highest BCUT2D eigenvalue weighted by Gasteiger charge is 2.40. The van der Waals surface area contributed by atoms with Gasteiger partial charge in [0.05, 0.1) is 0 Å². The van der Waals surface area contributed by atoms with Crippen LogP contribution in [0.5, 0.6) is 0 Å². The van der Waals surface area contributed by atoms with Crippen LogP contribution >= 0.6 is 0 Å². The van der Waals surface area contributed by atoms with Crippen LogP contribution in [-0.4, -0.2) is 58.8 Å². The largest absolute Gasteiger partial charge is 0.505 e. The van der Waals surface area contributed by atoms with E-state index in [1.807, 2.05) is 34.6 Å². The van der Waals surface area contributed by atoms with E-state index in [1.165, 1.54) is 0 Å². The zero-order valence-electron chi connectivity index (χ0n) is 17.4. The third kappa shape index (κ3) is 11.8. The summed E-state index contributed by atoms with van der Waals surface area (Å²) in [5.74, 6) is 0. The van der Waals surface area contributed by atoms with Crippen molar-refractivity contribution in [2.75, 3.05) is 41.2 Å². The molecule has 0 N–H and O–H groups in total. The van der Waals surface area contributed by atoms with Gasteiger partial charge < -0.3 is 26.6 Å². The van der Waals surface area contributed by atoms with E-state index in [9.17, 15) is 0 Å². The van der Waals surface area contributed by atoms with Crippen LogP contribution in [0.25, 0.3) is 0 Å². The predicted molar refractivity (Wildman–Crippen MR) is 107 cm³/mol. The molecule has 0 aliphatic rings. The molecule has 0 aromatic heterocycles. The molecular weight excluding hydrogens is 356 g/mol. The monoisotopic (exact) mass is 394 g/mol. The molecule has 0 saturated heterocycles. The molecular formula is C17H38O6Si2. The molecule has 8 heteroatoms. The summed E-state index contributed by atoms with van der Waals surface area (Å²) in [6, 6.07) is 1.39. The molecule has 0 radical (unpaired) electrons. The van der Waals surface area contributed by atoms with Gasteiger partial charge in [-0.1, -0.05) is 11.1 Å². The summed E-state index contributed by atoms with van der Waals surface area (Å²) in [5, 5.41) is 0. The SMILES string of the molecule is C=C(C)C[Si](OC)(OC)OC.C=C(C)C[Si](OCC)(OCC)OCC. The molecule has 0 aliphatic heterocycles. The fourth-order valence-corrected chi connectivity index (χ4v) is 6.43. The summed E-state index contributed by atoms with van der Waals surface area (Å²) in [6.45, 7) is 19.3. The lowest BCUT2D eigenvalue weighted by Gasteiger charge is -2.28. The Hall–Kier alpha value is -0.326. The van der Waals surface area contributed by atoms with E-state index in [4.69, 9.17) is 26.6 Å². The highest BCUT2D eigenvalue weighted by molar-refractivity contribution is 6.61. The molecule has 0 rings (SSSR count). The van der Waals surface area contributed by atoms with Gasteiger partial charge in [0.2, 0.25) is 0 Å². The van der Waals surface area contributed by atoms with Crippen LogP contribution in [0.2, 0.25) is 12.1 Å². The first-order valence-electron chi connectivity index (χ1n) is 8.56. The second kappa shape index (κ2) is 14.8. The van der Waals surface area contributed by atoms with Gasteiger partial charge in [-0.15, -0.1) is 13.2 Å². The third-order valence-corrected chi connectivity index (χ3v) is 9.19. The quantitative estimate of drug-likeness (QED) is 0.347. The highest BCUT2D eigenvalue weighted by atomic mass is 28.4. The molecule has 0 spiro atoms. The van der Waals surface area contributed by atoms with Crippen molar-refractivity contribution in [3.8, 4) is 0 Å². The molecule has 0 fully saturated rings. The van der Waals surface area contributed by atoms with Gasteiger partial charge in [0.1, 0.15) is 0 Å². The Kier molecular flexibility index (Phi) is 15.9. The van der Waals surface area contributed by atoms with Gasteiger partial charge in [-0.25, -0.2) is 0 Å². The van der Waals surface area contributed by atoms with Crippen molar-refractivity contribution in [3.05, 3.63) is 24.3 Å². The van der Waals surface area contributed by atoms with Gasteiger partial charge in [-0.3, -0.25) is 0 Å². The minimum absolute atomic E-state index is 0.625. The van der Waals surface area contributed by atoms with E-state index in [0.717, 1.165) is 11.1 Å². The first-order valence-corrected chi connectivity index (χ1v) is 12.4. The van der Waals surface area contributed by atoms with Gasteiger partial charge in [0.15, 0.2) is 0 Å². The maximum absolute atomic E-state index is 5.65. The minimum atomic E-state index is -2.46. The maximum Gasteiger partial charge on any atom is 0.505 e. The van der Waals surface area contributed by atoms with E-state index >= 15 is 0 Å². The average molecular weight is 395 g/mol. The Labute approximate surface area is 156 Å². The minimum Gasteiger partial charge on any atom is -0.377 e. The first kappa shape index (κ1) is 26.9. The zero-order chi connectivity index (χ0) is 19.9. The Morgan fingerprint density at radius 1 is 0.640 bits per heavy atom. The summed E-state index contributed by atoms with van der Waals surface area (Å²) in [6.07, 6.45) is 0. The lowest BCUT2D eigenvalue weighted by Crippen LogP contribution is -2.46. The molecule has 150 valence electrons. The van der Waals surface area contributed by atoms with Crippen LogP contribution in [0.1, 0.15) is 34.6 Å². The smallest absolute Gasteiger partial charge is 0.377 e. The molecule has 0 saturated carbocycles. The van der Waals surface area contributed by atoms with Crippen LogP contribution in [0.3, 0.4) is 0 Å². The molecule has 0 heterocycles. The number of hydrogen-bond donors (Lipinski definition) is 0. The van der Waals surface area contributed by atoms with Crippen LogP contribution < -0.4 is 0 Å². The Balaban J connectivity index is 0. The fourth-order valence-electron chi connectivity index (χ4n) is 2.14. The summed E-state index contributed by atoms with van der Waals surface area (Å²) < 4.78 is 32.5. The van der Waals surface area contributed by atoms with Crippen LogP contribution in [0.4, 0.5) is 0 Å². The van der Waals surface area contributed by atoms with Gasteiger partial charge in [-0.2, -0.15) is 0 Å². The Morgan fingerprint density at radius 2 is 0.920 bits per heavy atom. The van der Waals surface area contributed by atoms with Gasteiger partial charge in [0, 0.05) is 53.2 Å². The van der Waals surface area contributed by atoms with E-state index < -0.39 is 17.6 Å². The highest BCUT2D eigenvalue weighted by Crippen LogP contribution is 2.20. The number of hydrogen-bond acceptors (Lipinski definition) is 6. The van der Waals surface area contributed by atoms with Crippen LogP contribution in [0, 0.1) is 0 Å². The normalized spacial score (nSPS) is 11.7. The Bertz CT molecular complexity index is 347.